The van der Waals surface area contributed by atoms with E-state index in [1.165, 1.54) is 30.6 Å². The predicted octanol–water partition coefficient (Wildman–Crippen LogP) is 6.26. The lowest BCUT2D eigenvalue weighted by molar-refractivity contribution is -0.384. The Bertz CT molecular complexity index is 1350. The van der Waals surface area contributed by atoms with Crippen LogP contribution in [0.4, 0.5) is 10.8 Å². The number of para-hydroxylation sites is 1. The molecule has 1 aromatic heterocycles. The summed E-state index contributed by atoms with van der Waals surface area (Å²) in [5.74, 6) is 0.139. The lowest BCUT2D eigenvalue weighted by atomic mass is 10.0. The van der Waals surface area contributed by atoms with Crippen molar-refractivity contribution in [3.05, 3.63) is 93.5 Å². The number of hydrogen-bond donors (Lipinski definition) is 1. The fourth-order valence-corrected chi connectivity index (χ4v) is 4.63. The third-order valence-electron chi connectivity index (χ3n) is 5.18. The highest BCUT2D eigenvalue weighted by molar-refractivity contribution is 7.19. The van der Waals surface area contributed by atoms with E-state index < -0.39 is 4.92 Å². The van der Waals surface area contributed by atoms with Crippen LogP contribution in [-0.4, -0.2) is 22.9 Å². The van der Waals surface area contributed by atoms with Gasteiger partial charge in [-0.3, -0.25) is 20.2 Å². The fourth-order valence-electron chi connectivity index (χ4n) is 3.56. The highest BCUT2D eigenvalue weighted by Crippen LogP contribution is 2.41. The summed E-state index contributed by atoms with van der Waals surface area (Å²) in [5, 5.41) is 14.4. The molecule has 0 saturated heterocycles. The Morgan fingerprint density at radius 2 is 1.79 bits per heavy atom. The van der Waals surface area contributed by atoms with Crippen molar-refractivity contribution in [3.63, 3.8) is 0 Å². The van der Waals surface area contributed by atoms with E-state index in [1.54, 1.807) is 36.4 Å². The van der Waals surface area contributed by atoms with Crippen LogP contribution >= 0.6 is 11.3 Å². The molecule has 0 aliphatic heterocycles. The van der Waals surface area contributed by atoms with Crippen molar-refractivity contribution in [2.45, 2.75) is 13.8 Å². The predicted molar refractivity (Wildman–Crippen MR) is 130 cm³/mol. The van der Waals surface area contributed by atoms with Gasteiger partial charge >= 0.3 is 0 Å². The largest absolute Gasteiger partial charge is 0.496 e. The average molecular weight is 460 g/mol. The average Bonchev–Trinajstić information content (AvgIpc) is 3.22. The van der Waals surface area contributed by atoms with Crippen molar-refractivity contribution in [1.82, 2.24) is 4.98 Å². The summed E-state index contributed by atoms with van der Waals surface area (Å²) in [6.45, 7) is 4.05. The SMILES string of the molecule is COc1ccccc1C(=O)Nc1nc(-c2ccc([N+](=O)[O-])cc2)c(-c2ccc(C)cc2C)s1. The lowest BCUT2D eigenvalue weighted by Crippen LogP contribution is -2.12. The molecule has 0 atom stereocenters. The highest BCUT2D eigenvalue weighted by atomic mass is 32.1. The number of ether oxygens (including phenoxy) is 1. The Hall–Kier alpha value is -4.04. The van der Waals surface area contributed by atoms with E-state index in [9.17, 15) is 14.9 Å². The van der Waals surface area contributed by atoms with E-state index in [0.717, 1.165) is 27.1 Å². The molecular formula is C25H21N3O4S. The number of aromatic nitrogens is 1. The Kier molecular flexibility index (Phi) is 6.19. The smallest absolute Gasteiger partial charge is 0.269 e. The Labute approximate surface area is 194 Å². The summed E-state index contributed by atoms with van der Waals surface area (Å²) in [7, 11) is 1.51. The molecule has 3 aromatic carbocycles. The van der Waals surface area contributed by atoms with Crippen LogP contribution in [0.3, 0.4) is 0 Å². The van der Waals surface area contributed by atoms with Crippen LogP contribution in [0.2, 0.25) is 0 Å². The minimum Gasteiger partial charge on any atom is -0.496 e. The number of rotatable bonds is 6. The third-order valence-corrected chi connectivity index (χ3v) is 6.18. The monoisotopic (exact) mass is 459 g/mol. The van der Waals surface area contributed by atoms with Gasteiger partial charge in [-0.1, -0.05) is 47.2 Å². The standard InChI is InChI=1S/C25H21N3O4S/c1-15-8-13-19(16(2)14-15)23-22(17-9-11-18(12-10-17)28(30)31)26-25(33-23)27-24(29)20-6-4-5-7-21(20)32-3/h4-14H,1-3H3,(H,26,27,29). The van der Waals surface area contributed by atoms with E-state index in [2.05, 4.69) is 11.4 Å². The number of nitrogens with one attached hydrogen (secondary N) is 1. The number of aryl methyl sites for hydroxylation is 2. The molecule has 0 spiro atoms. The Morgan fingerprint density at radius 1 is 1.06 bits per heavy atom. The number of nitro benzene ring substituents is 1. The lowest BCUT2D eigenvalue weighted by Gasteiger charge is -2.07. The third kappa shape index (κ3) is 4.61. The van der Waals surface area contributed by atoms with Crippen molar-refractivity contribution in [1.29, 1.82) is 0 Å². The summed E-state index contributed by atoms with van der Waals surface area (Å²) in [5.41, 5.74) is 4.99. The minimum atomic E-state index is -0.436. The van der Waals surface area contributed by atoms with E-state index in [4.69, 9.17) is 9.72 Å². The van der Waals surface area contributed by atoms with E-state index in [1.807, 2.05) is 26.0 Å². The maximum Gasteiger partial charge on any atom is 0.269 e. The number of anilines is 1. The number of amides is 1. The summed E-state index contributed by atoms with van der Waals surface area (Å²) < 4.78 is 5.30. The molecule has 8 heteroatoms. The molecule has 1 amide bonds. The quantitative estimate of drug-likeness (QED) is 0.271. The first-order chi connectivity index (χ1) is 15.9. The van der Waals surface area contributed by atoms with Gasteiger partial charge in [0.25, 0.3) is 11.6 Å². The van der Waals surface area contributed by atoms with Gasteiger partial charge in [0.15, 0.2) is 5.13 Å². The van der Waals surface area contributed by atoms with E-state index in [0.29, 0.717) is 22.1 Å². The van der Waals surface area contributed by atoms with Crippen molar-refractivity contribution in [3.8, 4) is 27.4 Å². The molecule has 33 heavy (non-hydrogen) atoms. The van der Waals surface area contributed by atoms with Crippen LogP contribution < -0.4 is 10.1 Å². The minimum absolute atomic E-state index is 0.00625. The van der Waals surface area contributed by atoms with Gasteiger partial charge in [-0.15, -0.1) is 0 Å². The number of carbonyl (C=O) groups is 1. The highest BCUT2D eigenvalue weighted by Gasteiger charge is 2.20. The second-order valence-corrected chi connectivity index (χ2v) is 8.47. The fraction of sp³-hybridized carbons (Fsp3) is 0.120. The van der Waals surface area contributed by atoms with Gasteiger partial charge in [-0.25, -0.2) is 4.98 Å². The van der Waals surface area contributed by atoms with Gasteiger partial charge in [0.2, 0.25) is 0 Å². The van der Waals surface area contributed by atoms with Crippen molar-refractivity contribution < 1.29 is 14.5 Å². The molecular weight excluding hydrogens is 438 g/mol. The van der Waals surface area contributed by atoms with Crippen LogP contribution in [0.15, 0.2) is 66.7 Å². The zero-order valence-corrected chi connectivity index (χ0v) is 19.1. The molecule has 0 radical (unpaired) electrons. The maximum atomic E-state index is 12.9. The normalized spacial score (nSPS) is 10.6. The van der Waals surface area contributed by atoms with Crippen molar-refractivity contribution >= 4 is 28.1 Å². The van der Waals surface area contributed by atoms with Crippen LogP contribution in [0, 0.1) is 24.0 Å². The number of thiazole rings is 1. The molecule has 1 N–H and O–H groups in total. The Morgan fingerprint density at radius 3 is 2.45 bits per heavy atom. The number of hydrogen-bond acceptors (Lipinski definition) is 6. The summed E-state index contributed by atoms with van der Waals surface area (Å²) in [4.78, 5) is 29.1. The van der Waals surface area contributed by atoms with Gasteiger partial charge in [-0.05, 0) is 49.2 Å². The first kappa shape index (κ1) is 22.2. The number of nitrogens with zero attached hydrogens (tertiary/aromatic N) is 2. The number of non-ortho nitro benzene ring substituents is 1. The summed E-state index contributed by atoms with van der Waals surface area (Å²) in [6, 6.07) is 19.4. The molecule has 7 nitrogen and oxygen atoms in total. The number of carbonyl (C=O) groups excluding carboxylic acids is 1. The molecule has 0 bridgehead atoms. The second kappa shape index (κ2) is 9.22. The first-order valence-electron chi connectivity index (χ1n) is 10.1. The first-order valence-corrected chi connectivity index (χ1v) is 11.0. The van der Waals surface area contributed by atoms with Crippen LogP contribution in [0.25, 0.3) is 21.7 Å². The van der Waals surface area contributed by atoms with Crippen LogP contribution in [-0.2, 0) is 0 Å². The maximum absolute atomic E-state index is 12.9. The van der Waals surface area contributed by atoms with Crippen molar-refractivity contribution in [2.24, 2.45) is 0 Å². The van der Waals surface area contributed by atoms with Gasteiger partial charge in [0.1, 0.15) is 5.75 Å². The zero-order chi connectivity index (χ0) is 23.5. The van der Waals surface area contributed by atoms with Crippen molar-refractivity contribution in [2.75, 3.05) is 12.4 Å². The van der Waals surface area contributed by atoms with Gasteiger partial charge in [0, 0.05) is 17.7 Å². The molecule has 0 unspecified atom stereocenters. The van der Waals surface area contributed by atoms with Gasteiger partial charge in [0.05, 0.1) is 28.2 Å². The molecule has 0 saturated carbocycles. The zero-order valence-electron chi connectivity index (χ0n) is 18.3. The summed E-state index contributed by atoms with van der Waals surface area (Å²) >= 11 is 1.36. The number of benzene rings is 3. The van der Waals surface area contributed by atoms with E-state index >= 15 is 0 Å². The molecule has 166 valence electrons. The molecule has 4 aromatic rings. The van der Waals surface area contributed by atoms with E-state index in [-0.39, 0.29) is 11.6 Å². The second-order valence-electron chi connectivity index (χ2n) is 7.47. The van der Waals surface area contributed by atoms with Gasteiger partial charge in [-0.2, -0.15) is 0 Å². The molecule has 0 aliphatic rings. The number of nitro groups is 1. The van der Waals surface area contributed by atoms with Crippen LogP contribution in [0.1, 0.15) is 21.5 Å². The van der Waals surface area contributed by atoms with Gasteiger partial charge < -0.3 is 4.74 Å². The Balaban J connectivity index is 1.78. The van der Waals surface area contributed by atoms with Crippen LogP contribution in [0.5, 0.6) is 5.75 Å². The topological polar surface area (TPSA) is 94.4 Å². The summed E-state index contributed by atoms with van der Waals surface area (Å²) in [6.07, 6.45) is 0. The molecule has 0 fully saturated rings. The number of methoxy groups -OCH3 is 1. The molecule has 0 aliphatic carbocycles. The molecule has 1 heterocycles. The molecule has 4 rings (SSSR count).